The van der Waals surface area contributed by atoms with E-state index in [-0.39, 0.29) is 0 Å². The molecule has 0 saturated carbocycles. The first kappa shape index (κ1) is 16.1. The van der Waals surface area contributed by atoms with Gasteiger partial charge in [0.1, 0.15) is 18.0 Å². The van der Waals surface area contributed by atoms with Crippen LogP contribution in [0.2, 0.25) is 0 Å². The van der Waals surface area contributed by atoms with Gasteiger partial charge in [0, 0.05) is 18.7 Å². The standard InChI is InChI=1S/C14H26N4S/c1-5-7-12-13(15-4)16-10-17-14(12)18-11(3)8-9-19-6-2/h10-11H,5-9H2,1-4H3,(H2,15,16,17,18). The van der Waals surface area contributed by atoms with E-state index >= 15 is 0 Å². The summed E-state index contributed by atoms with van der Waals surface area (Å²) >= 11 is 1.98. The normalized spacial score (nSPS) is 12.2. The summed E-state index contributed by atoms with van der Waals surface area (Å²) in [6, 6.07) is 0.439. The molecule has 0 saturated heterocycles. The van der Waals surface area contributed by atoms with Crippen molar-refractivity contribution in [2.75, 3.05) is 29.2 Å². The Bertz CT molecular complexity index is 370. The van der Waals surface area contributed by atoms with Crippen molar-refractivity contribution in [1.29, 1.82) is 0 Å². The number of thioether (sulfide) groups is 1. The van der Waals surface area contributed by atoms with Crippen LogP contribution >= 0.6 is 11.8 Å². The Morgan fingerprint density at radius 1 is 1.26 bits per heavy atom. The molecule has 0 amide bonds. The van der Waals surface area contributed by atoms with Crippen LogP contribution in [0, 0.1) is 0 Å². The second kappa shape index (κ2) is 9.02. The molecule has 0 aliphatic heterocycles. The highest BCUT2D eigenvalue weighted by molar-refractivity contribution is 7.99. The Morgan fingerprint density at radius 2 is 2.00 bits per heavy atom. The predicted molar refractivity (Wildman–Crippen MR) is 86.3 cm³/mol. The van der Waals surface area contributed by atoms with Gasteiger partial charge in [0.25, 0.3) is 0 Å². The second-order valence-electron chi connectivity index (χ2n) is 4.58. The third kappa shape index (κ3) is 5.27. The molecule has 108 valence electrons. The van der Waals surface area contributed by atoms with Gasteiger partial charge < -0.3 is 10.6 Å². The molecule has 1 atom stereocenters. The number of anilines is 2. The van der Waals surface area contributed by atoms with E-state index in [4.69, 9.17) is 0 Å². The van der Waals surface area contributed by atoms with Gasteiger partial charge in [0.2, 0.25) is 0 Å². The summed E-state index contributed by atoms with van der Waals surface area (Å²) in [6.45, 7) is 6.59. The Hall–Kier alpha value is -0.970. The summed E-state index contributed by atoms with van der Waals surface area (Å²) in [6.07, 6.45) is 4.87. The van der Waals surface area contributed by atoms with Gasteiger partial charge in [-0.1, -0.05) is 20.3 Å². The van der Waals surface area contributed by atoms with Crippen molar-refractivity contribution in [3.8, 4) is 0 Å². The van der Waals surface area contributed by atoms with Crippen molar-refractivity contribution < 1.29 is 0 Å². The summed E-state index contributed by atoms with van der Waals surface area (Å²) in [5.74, 6) is 4.30. The lowest BCUT2D eigenvalue weighted by Gasteiger charge is -2.18. The minimum atomic E-state index is 0.439. The molecule has 1 heterocycles. The molecule has 2 N–H and O–H groups in total. The lowest BCUT2D eigenvalue weighted by molar-refractivity contribution is 0.760. The van der Waals surface area contributed by atoms with Crippen LogP contribution in [0.25, 0.3) is 0 Å². The fourth-order valence-electron chi connectivity index (χ4n) is 1.95. The van der Waals surface area contributed by atoms with Crippen LogP contribution in [0.5, 0.6) is 0 Å². The molecule has 0 fully saturated rings. The van der Waals surface area contributed by atoms with Crippen molar-refractivity contribution in [2.24, 2.45) is 0 Å². The molecule has 1 aromatic rings. The van der Waals surface area contributed by atoms with Crippen molar-refractivity contribution in [3.05, 3.63) is 11.9 Å². The van der Waals surface area contributed by atoms with Crippen LogP contribution < -0.4 is 10.6 Å². The third-order valence-corrected chi connectivity index (χ3v) is 3.90. The maximum Gasteiger partial charge on any atom is 0.134 e. The fourth-order valence-corrected chi connectivity index (χ4v) is 2.76. The zero-order valence-electron chi connectivity index (χ0n) is 12.5. The van der Waals surface area contributed by atoms with Crippen LogP contribution in [0.1, 0.15) is 39.2 Å². The van der Waals surface area contributed by atoms with E-state index in [0.29, 0.717) is 6.04 Å². The van der Waals surface area contributed by atoms with Gasteiger partial charge in [-0.05, 0) is 31.3 Å². The zero-order chi connectivity index (χ0) is 14.1. The average Bonchev–Trinajstić information content (AvgIpc) is 2.41. The molecule has 0 aromatic carbocycles. The van der Waals surface area contributed by atoms with Crippen LogP contribution in [-0.2, 0) is 6.42 Å². The van der Waals surface area contributed by atoms with E-state index in [1.165, 1.54) is 17.1 Å². The maximum absolute atomic E-state index is 4.41. The number of rotatable bonds is 9. The SMILES string of the molecule is CCCc1c(NC)ncnc1NC(C)CCSCC. The molecular weight excluding hydrogens is 256 g/mol. The quantitative estimate of drug-likeness (QED) is 0.680. The van der Waals surface area contributed by atoms with Crippen LogP contribution in [0.4, 0.5) is 11.6 Å². The van der Waals surface area contributed by atoms with Gasteiger partial charge in [0.05, 0.1) is 0 Å². The third-order valence-electron chi connectivity index (χ3n) is 2.96. The first-order chi connectivity index (χ1) is 9.22. The molecule has 0 radical (unpaired) electrons. The second-order valence-corrected chi connectivity index (χ2v) is 5.97. The minimum absolute atomic E-state index is 0.439. The topological polar surface area (TPSA) is 49.8 Å². The summed E-state index contributed by atoms with van der Waals surface area (Å²) < 4.78 is 0. The summed E-state index contributed by atoms with van der Waals surface area (Å²) in [5, 5.41) is 6.68. The molecule has 1 unspecified atom stereocenters. The van der Waals surface area contributed by atoms with Crippen LogP contribution in [0.3, 0.4) is 0 Å². The lowest BCUT2D eigenvalue weighted by atomic mass is 10.1. The Morgan fingerprint density at radius 3 is 2.63 bits per heavy atom. The molecule has 0 spiro atoms. The Kier molecular flexibility index (Phi) is 7.63. The molecule has 0 bridgehead atoms. The Labute approximate surface area is 121 Å². The average molecular weight is 282 g/mol. The number of hydrogen-bond donors (Lipinski definition) is 2. The van der Waals surface area contributed by atoms with Gasteiger partial charge in [-0.15, -0.1) is 0 Å². The van der Waals surface area contributed by atoms with E-state index in [1.807, 2.05) is 18.8 Å². The van der Waals surface area contributed by atoms with Crippen molar-refractivity contribution >= 4 is 23.4 Å². The lowest BCUT2D eigenvalue weighted by Crippen LogP contribution is -2.19. The largest absolute Gasteiger partial charge is 0.373 e. The molecule has 19 heavy (non-hydrogen) atoms. The summed E-state index contributed by atoms with van der Waals surface area (Å²) in [7, 11) is 1.91. The fraction of sp³-hybridized carbons (Fsp3) is 0.714. The molecule has 1 aromatic heterocycles. The van der Waals surface area contributed by atoms with Crippen molar-refractivity contribution in [3.63, 3.8) is 0 Å². The van der Waals surface area contributed by atoms with Gasteiger partial charge in [-0.25, -0.2) is 9.97 Å². The molecule has 0 aliphatic rings. The predicted octanol–water partition coefficient (Wildman–Crippen LogP) is 3.41. The molecular formula is C14H26N4S. The van der Waals surface area contributed by atoms with Crippen molar-refractivity contribution in [1.82, 2.24) is 9.97 Å². The zero-order valence-corrected chi connectivity index (χ0v) is 13.3. The van der Waals surface area contributed by atoms with Gasteiger partial charge in [-0.3, -0.25) is 0 Å². The van der Waals surface area contributed by atoms with Crippen molar-refractivity contribution in [2.45, 2.75) is 46.1 Å². The number of aromatic nitrogens is 2. The van der Waals surface area contributed by atoms with E-state index < -0.39 is 0 Å². The highest BCUT2D eigenvalue weighted by Crippen LogP contribution is 2.22. The maximum atomic E-state index is 4.41. The van der Waals surface area contributed by atoms with Gasteiger partial charge >= 0.3 is 0 Å². The summed E-state index contributed by atoms with van der Waals surface area (Å²) in [4.78, 5) is 8.70. The van der Waals surface area contributed by atoms with Gasteiger partial charge in [0.15, 0.2) is 0 Å². The van der Waals surface area contributed by atoms with E-state index in [2.05, 4.69) is 41.4 Å². The smallest absolute Gasteiger partial charge is 0.134 e. The van der Waals surface area contributed by atoms with Gasteiger partial charge in [-0.2, -0.15) is 11.8 Å². The number of nitrogens with zero attached hydrogens (tertiary/aromatic N) is 2. The molecule has 5 heteroatoms. The molecule has 4 nitrogen and oxygen atoms in total. The monoisotopic (exact) mass is 282 g/mol. The van der Waals surface area contributed by atoms with E-state index in [0.717, 1.165) is 30.9 Å². The number of hydrogen-bond acceptors (Lipinski definition) is 5. The highest BCUT2D eigenvalue weighted by atomic mass is 32.2. The molecule has 0 aliphatic carbocycles. The number of nitrogens with one attached hydrogen (secondary N) is 2. The highest BCUT2D eigenvalue weighted by Gasteiger charge is 2.11. The van der Waals surface area contributed by atoms with E-state index in [9.17, 15) is 0 Å². The van der Waals surface area contributed by atoms with Crippen LogP contribution in [0.15, 0.2) is 6.33 Å². The van der Waals surface area contributed by atoms with E-state index in [1.54, 1.807) is 6.33 Å². The first-order valence-electron chi connectivity index (χ1n) is 7.08. The first-order valence-corrected chi connectivity index (χ1v) is 8.24. The molecule has 1 rings (SSSR count). The minimum Gasteiger partial charge on any atom is -0.373 e. The van der Waals surface area contributed by atoms with Crippen LogP contribution in [-0.4, -0.2) is 34.6 Å². The summed E-state index contributed by atoms with van der Waals surface area (Å²) in [5.41, 5.74) is 1.20. The Balaban J connectivity index is 2.70.